The van der Waals surface area contributed by atoms with E-state index in [1.807, 2.05) is 0 Å². The third-order valence-electron chi connectivity index (χ3n) is 4.07. The molecule has 0 spiro atoms. The fraction of sp³-hybridized carbons (Fsp3) is 0.733. The zero-order valence-electron chi connectivity index (χ0n) is 12.4. The highest BCUT2D eigenvalue weighted by atomic mass is 32.2. The molecule has 0 bridgehead atoms. The van der Waals surface area contributed by atoms with Crippen molar-refractivity contribution in [2.24, 2.45) is 11.7 Å². The van der Waals surface area contributed by atoms with Gasteiger partial charge in [-0.2, -0.15) is 0 Å². The van der Waals surface area contributed by atoms with Crippen LogP contribution in [-0.4, -0.2) is 21.3 Å². The molecule has 3 unspecified atom stereocenters. The summed E-state index contributed by atoms with van der Waals surface area (Å²) < 4.78 is 0. The molecule has 4 nitrogen and oxygen atoms in total. The highest BCUT2D eigenvalue weighted by molar-refractivity contribution is 7.99. The maximum absolute atomic E-state index is 11.7. The van der Waals surface area contributed by atoms with E-state index in [0.29, 0.717) is 5.25 Å². The molecule has 5 heteroatoms. The van der Waals surface area contributed by atoms with Crippen molar-refractivity contribution in [3.63, 3.8) is 0 Å². The molecule has 0 saturated heterocycles. The highest BCUT2D eigenvalue weighted by Crippen LogP contribution is 2.35. The van der Waals surface area contributed by atoms with Crippen molar-refractivity contribution in [2.45, 2.75) is 68.8 Å². The van der Waals surface area contributed by atoms with Crippen LogP contribution in [0.4, 0.5) is 0 Å². The molecule has 1 aliphatic carbocycles. The fourth-order valence-corrected chi connectivity index (χ4v) is 4.10. The Kier molecular flexibility index (Phi) is 5.66. The van der Waals surface area contributed by atoms with E-state index < -0.39 is 0 Å². The van der Waals surface area contributed by atoms with Gasteiger partial charge in [0.2, 0.25) is 0 Å². The summed E-state index contributed by atoms with van der Waals surface area (Å²) in [5.74, 6) is 0.762. The molecule has 1 aliphatic rings. The molecule has 1 fully saturated rings. The van der Waals surface area contributed by atoms with Crippen molar-refractivity contribution < 1.29 is 0 Å². The Morgan fingerprint density at radius 3 is 2.95 bits per heavy atom. The summed E-state index contributed by atoms with van der Waals surface area (Å²) in [6.07, 6.45) is 6.50. The molecule has 0 aromatic carbocycles. The maximum Gasteiger partial charge on any atom is 0.251 e. The first-order valence-corrected chi connectivity index (χ1v) is 8.52. The van der Waals surface area contributed by atoms with Gasteiger partial charge in [-0.15, -0.1) is 0 Å². The van der Waals surface area contributed by atoms with Crippen molar-refractivity contribution in [3.8, 4) is 0 Å². The maximum atomic E-state index is 11.7. The SMILES string of the molecule is CCCc1cc(=O)[nH]c(SC2CC(CC)CCC2N)n1. The van der Waals surface area contributed by atoms with Crippen LogP contribution in [0.25, 0.3) is 0 Å². The average Bonchev–Trinajstić information content (AvgIpc) is 2.41. The van der Waals surface area contributed by atoms with Gasteiger partial charge in [0.1, 0.15) is 0 Å². The number of nitrogens with two attached hydrogens (primary N) is 1. The van der Waals surface area contributed by atoms with Gasteiger partial charge in [-0.3, -0.25) is 4.79 Å². The summed E-state index contributed by atoms with van der Waals surface area (Å²) in [4.78, 5) is 19.1. The lowest BCUT2D eigenvalue weighted by molar-refractivity contribution is 0.327. The number of nitrogens with one attached hydrogen (secondary N) is 1. The zero-order chi connectivity index (χ0) is 14.5. The van der Waals surface area contributed by atoms with Crippen LogP contribution >= 0.6 is 11.8 Å². The third-order valence-corrected chi connectivity index (χ3v) is 5.33. The van der Waals surface area contributed by atoms with Gasteiger partial charge in [-0.1, -0.05) is 38.5 Å². The minimum absolute atomic E-state index is 0.0534. The molecule has 0 aliphatic heterocycles. The Morgan fingerprint density at radius 1 is 1.45 bits per heavy atom. The predicted molar refractivity (Wildman–Crippen MR) is 84.1 cm³/mol. The fourth-order valence-electron chi connectivity index (χ4n) is 2.81. The van der Waals surface area contributed by atoms with Crippen LogP contribution in [0.2, 0.25) is 0 Å². The smallest absolute Gasteiger partial charge is 0.251 e. The number of thioether (sulfide) groups is 1. The summed E-state index contributed by atoms with van der Waals surface area (Å²) in [5.41, 5.74) is 7.07. The second-order valence-electron chi connectivity index (χ2n) is 5.70. The quantitative estimate of drug-likeness (QED) is 0.819. The first kappa shape index (κ1) is 15.6. The molecule has 3 atom stereocenters. The topological polar surface area (TPSA) is 71.8 Å². The van der Waals surface area contributed by atoms with E-state index in [2.05, 4.69) is 23.8 Å². The number of H-pyrrole nitrogens is 1. The number of aromatic amines is 1. The Morgan fingerprint density at radius 2 is 2.25 bits per heavy atom. The van der Waals surface area contributed by atoms with Gasteiger partial charge in [-0.25, -0.2) is 4.98 Å². The summed E-state index contributed by atoms with van der Waals surface area (Å²) >= 11 is 1.65. The summed E-state index contributed by atoms with van der Waals surface area (Å²) in [7, 11) is 0. The van der Waals surface area contributed by atoms with Crippen LogP contribution in [0, 0.1) is 5.92 Å². The molecule has 0 amide bonds. The second kappa shape index (κ2) is 7.27. The lowest BCUT2D eigenvalue weighted by Gasteiger charge is -2.32. The summed E-state index contributed by atoms with van der Waals surface area (Å²) in [6.45, 7) is 4.34. The average molecular weight is 295 g/mol. The molecule has 1 aromatic heterocycles. The molecule has 0 radical (unpaired) electrons. The van der Waals surface area contributed by atoms with Gasteiger partial charge < -0.3 is 10.7 Å². The second-order valence-corrected chi connectivity index (χ2v) is 6.93. The number of hydrogen-bond acceptors (Lipinski definition) is 4. The molecule has 1 aromatic rings. The Hall–Kier alpha value is -0.810. The van der Waals surface area contributed by atoms with Crippen LogP contribution in [0.15, 0.2) is 16.0 Å². The van der Waals surface area contributed by atoms with Crippen LogP contribution in [0.1, 0.15) is 51.6 Å². The molecule has 1 saturated carbocycles. The molecule has 112 valence electrons. The van der Waals surface area contributed by atoms with Gasteiger partial charge in [0.25, 0.3) is 5.56 Å². The van der Waals surface area contributed by atoms with Gasteiger partial charge in [0.05, 0.1) is 0 Å². The van der Waals surface area contributed by atoms with E-state index in [-0.39, 0.29) is 11.6 Å². The number of nitrogens with zero attached hydrogens (tertiary/aromatic N) is 1. The molecule has 3 N–H and O–H groups in total. The van der Waals surface area contributed by atoms with E-state index in [4.69, 9.17) is 5.73 Å². The minimum Gasteiger partial charge on any atom is -0.327 e. The molecular formula is C15H25N3OS. The van der Waals surface area contributed by atoms with Crippen molar-refractivity contribution in [1.29, 1.82) is 0 Å². The van der Waals surface area contributed by atoms with Crippen LogP contribution in [0.3, 0.4) is 0 Å². The lowest BCUT2D eigenvalue weighted by atomic mass is 9.84. The number of hydrogen-bond donors (Lipinski definition) is 2. The summed E-state index contributed by atoms with van der Waals surface area (Å²) in [5, 5.41) is 1.10. The van der Waals surface area contributed by atoms with Crippen LogP contribution < -0.4 is 11.3 Å². The highest BCUT2D eigenvalue weighted by Gasteiger charge is 2.28. The third kappa shape index (κ3) is 4.09. The molecule has 1 heterocycles. The first-order chi connectivity index (χ1) is 9.62. The lowest BCUT2D eigenvalue weighted by Crippen LogP contribution is -2.38. The molecular weight excluding hydrogens is 270 g/mol. The predicted octanol–water partition coefficient (Wildman–Crippen LogP) is 2.72. The largest absolute Gasteiger partial charge is 0.327 e. The van der Waals surface area contributed by atoms with Crippen molar-refractivity contribution in [2.75, 3.05) is 0 Å². The van der Waals surface area contributed by atoms with E-state index in [1.54, 1.807) is 17.8 Å². The van der Waals surface area contributed by atoms with Gasteiger partial charge >= 0.3 is 0 Å². The van der Waals surface area contributed by atoms with Crippen molar-refractivity contribution in [1.82, 2.24) is 9.97 Å². The Balaban J connectivity index is 2.09. The van der Waals surface area contributed by atoms with E-state index >= 15 is 0 Å². The number of rotatable bonds is 5. The van der Waals surface area contributed by atoms with Crippen LogP contribution in [-0.2, 0) is 6.42 Å². The Bertz CT molecular complexity index is 488. The van der Waals surface area contributed by atoms with Crippen molar-refractivity contribution in [3.05, 3.63) is 22.1 Å². The zero-order valence-corrected chi connectivity index (χ0v) is 13.2. The standard InChI is InChI=1S/C15H25N3OS/c1-3-5-11-9-14(19)18-15(17-11)20-13-8-10(4-2)6-7-12(13)16/h9-10,12-13H,3-8,16H2,1-2H3,(H,17,18,19). The van der Waals surface area contributed by atoms with Crippen LogP contribution in [0.5, 0.6) is 0 Å². The van der Waals surface area contributed by atoms with Gasteiger partial charge in [0.15, 0.2) is 5.16 Å². The van der Waals surface area contributed by atoms with Gasteiger partial charge in [-0.05, 0) is 31.6 Å². The van der Waals surface area contributed by atoms with Gasteiger partial charge in [0, 0.05) is 23.1 Å². The number of aryl methyl sites for hydroxylation is 1. The van der Waals surface area contributed by atoms with E-state index in [0.717, 1.165) is 42.5 Å². The summed E-state index contributed by atoms with van der Waals surface area (Å²) in [6, 6.07) is 1.81. The Labute approximate surface area is 125 Å². The van der Waals surface area contributed by atoms with E-state index in [9.17, 15) is 4.79 Å². The molecule has 20 heavy (non-hydrogen) atoms. The monoisotopic (exact) mass is 295 g/mol. The first-order valence-electron chi connectivity index (χ1n) is 7.64. The van der Waals surface area contributed by atoms with E-state index in [1.165, 1.54) is 12.8 Å². The normalized spacial score (nSPS) is 26.6. The van der Waals surface area contributed by atoms with Crippen molar-refractivity contribution >= 4 is 11.8 Å². The minimum atomic E-state index is -0.0534. The molecule has 2 rings (SSSR count). The number of aromatic nitrogens is 2.